The van der Waals surface area contributed by atoms with Gasteiger partial charge in [0, 0.05) is 10.7 Å². The Morgan fingerprint density at radius 1 is 1.00 bits per heavy atom. The zero-order chi connectivity index (χ0) is 25.2. The summed E-state index contributed by atoms with van der Waals surface area (Å²) in [4.78, 5) is 29.2. The van der Waals surface area contributed by atoms with E-state index in [1.54, 1.807) is 24.3 Å². The molecule has 35 heavy (non-hydrogen) atoms. The van der Waals surface area contributed by atoms with Crippen molar-refractivity contribution in [3.05, 3.63) is 81.8 Å². The standard InChI is InChI=1S/C23H14Cl2F3N3O2S2/c24-12-5-7-14(16(25)9-12)21(33)29-13-6-8-18-19(10-13)35-22(31-18)34-11-20(32)30-17-4-2-1-3-15(17)23(26,27)28/h1-10H,11H2,(H,29,33)(H,30,32). The molecule has 1 aromatic heterocycles. The lowest BCUT2D eigenvalue weighted by Gasteiger charge is -2.13. The Balaban J connectivity index is 1.41. The number of thioether (sulfide) groups is 1. The molecule has 2 N–H and O–H groups in total. The van der Waals surface area contributed by atoms with E-state index in [1.165, 1.54) is 41.7 Å². The van der Waals surface area contributed by atoms with Crippen LogP contribution in [0.1, 0.15) is 15.9 Å². The van der Waals surface area contributed by atoms with Crippen molar-refractivity contribution in [1.29, 1.82) is 0 Å². The molecule has 0 spiro atoms. The maximum Gasteiger partial charge on any atom is 0.418 e. The van der Waals surface area contributed by atoms with E-state index in [9.17, 15) is 22.8 Å². The van der Waals surface area contributed by atoms with Gasteiger partial charge < -0.3 is 10.6 Å². The number of thiazole rings is 1. The lowest BCUT2D eigenvalue weighted by atomic mass is 10.1. The Kier molecular flexibility index (Phi) is 7.56. The highest BCUT2D eigenvalue weighted by atomic mass is 35.5. The molecule has 0 atom stereocenters. The number of aromatic nitrogens is 1. The number of nitrogens with one attached hydrogen (secondary N) is 2. The molecule has 0 aliphatic heterocycles. The highest BCUT2D eigenvalue weighted by Crippen LogP contribution is 2.35. The van der Waals surface area contributed by atoms with Crippen molar-refractivity contribution in [3.8, 4) is 0 Å². The van der Waals surface area contributed by atoms with Crippen LogP contribution < -0.4 is 10.6 Å². The summed E-state index contributed by atoms with van der Waals surface area (Å²) >= 11 is 14.3. The van der Waals surface area contributed by atoms with Gasteiger partial charge in [0.05, 0.1) is 37.8 Å². The summed E-state index contributed by atoms with van der Waals surface area (Å²) in [7, 11) is 0. The molecule has 0 saturated carbocycles. The molecule has 5 nitrogen and oxygen atoms in total. The van der Waals surface area contributed by atoms with Gasteiger partial charge in [0.2, 0.25) is 5.91 Å². The number of amides is 2. The third kappa shape index (κ3) is 6.26. The van der Waals surface area contributed by atoms with Crippen LogP contribution in [0.4, 0.5) is 24.5 Å². The molecule has 0 aliphatic carbocycles. The Bertz CT molecular complexity index is 1430. The van der Waals surface area contributed by atoms with E-state index >= 15 is 0 Å². The van der Waals surface area contributed by atoms with E-state index in [0.29, 0.717) is 20.6 Å². The third-order valence-corrected chi connectivity index (χ3v) is 7.34. The Labute approximate surface area is 215 Å². The molecule has 180 valence electrons. The number of rotatable bonds is 6. The molecular formula is C23H14Cl2F3N3O2S2. The molecule has 0 aliphatic rings. The Hall–Kier alpha value is -2.79. The zero-order valence-electron chi connectivity index (χ0n) is 17.5. The monoisotopic (exact) mass is 555 g/mol. The maximum atomic E-state index is 13.1. The first-order valence-corrected chi connectivity index (χ1v) is 12.4. The average Bonchev–Trinajstić information content (AvgIpc) is 3.19. The van der Waals surface area contributed by atoms with Crippen LogP contribution in [0.5, 0.6) is 0 Å². The fraction of sp³-hybridized carbons (Fsp3) is 0.0870. The van der Waals surface area contributed by atoms with Crippen molar-refractivity contribution in [2.75, 3.05) is 16.4 Å². The number of hydrogen-bond acceptors (Lipinski definition) is 5. The molecule has 0 radical (unpaired) electrons. The van der Waals surface area contributed by atoms with Crippen LogP contribution in [0.3, 0.4) is 0 Å². The highest BCUT2D eigenvalue weighted by molar-refractivity contribution is 8.01. The number of alkyl halides is 3. The summed E-state index contributed by atoms with van der Waals surface area (Å²) in [5.41, 5.74) is 0.247. The van der Waals surface area contributed by atoms with Gasteiger partial charge in [0.1, 0.15) is 0 Å². The van der Waals surface area contributed by atoms with E-state index in [4.69, 9.17) is 23.2 Å². The highest BCUT2D eigenvalue weighted by Gasteiger charge is 2.33. The van der Waals surface area contributed by atoms with E-state index < -0.39 is 23.6 Å². The van der Waals surface area contributed by atoms with Gasteiger partial charge in [0.25, 0.3) is 5.91 Å². The van der Waals surface area contributed by atoms with Crippen molar-refractivity contribution >= 4 is 79.7 Å². The second-order valence-electron chi connectivity index (χ2n) is 7.12. The summed E-state index contributed by atoms with van der Waals surface area (Å²) in [6.07, 6.45) is -4.57. The average molecular weight is 556 g/mol. The van der Waals surface area contributed by atoms with E-state index in [-0.39, 0.29) is 22.0 Å². The predicted octanol–water partition coefficient (Wildman–Crippen LogP) is 7.61. The van der Waals surface area contributed by atoms with Crippen molar-refractivity contribution < 1.29 is 22.8 Å². The van der Waals surface area contributed by atoms with Gasteiger partial charge in [-0.3, -0.25) is 9.59 Å². The van der Waals surface area contributed by atoms with Crippen molar-refractivity contribution in [1.82, 2.24) is 4.98 Å². The van der Waals surface area contributed by atoms with Gasteiger partial charge in [-0.05, 0) is 48.5 Å². The van der Waals surface area contributed by atoms with Crippen molar-refractivity contribution in [2.24, 2.45) is 0 Å². The van der Waals surface area contributed by atoms with E-state index in [1.807, 2.05) is 0 Å². The number of nitrogens with zero attached hydrogens (tertiary/aromatic N) is 1. The second-order valence-corrected chi connectivity index (χ2v) is 10.2. The normalized spacial score (nSPS) is 11.5. The zero-order valence-corrected chi connectivity index (χ0v) is 20.6. The first-order chi connectivity index (χ1) is 16.6. The largest absolute Gasteiger partial charge is 0.418 e. The number of benzene rings is 3. The summed E-state index contributed by atoms with van der Waals surface area (Å²) in [6, 6.07) is 14.5. The molecule has 2 amide bonds. The van der Waals surface area contributed by atoms with Crippen LogP contribution in [-0.2, 0) is 11.0 Å². The number of carbonyl (C=O) groups is 2. The third-order valence-electron chi connectivity index (χ3n) is 4.64. The second kappa shape index (κ2) is 10.4. The summed E-state index contributed by atoms with van der Waals surface area (Å²) in [6.45, 7) is 0. The van der Waals surface area contributed by atoms with Gasteiger partial charge in [-0.1, -0.05) is 47.1 Å². The molecule has 4 aromatic rings. The fourth-order valence-electron chi connectivity index (χ4n) is 3.07. The number of carbonyl (C=O) groups excluding carboxylic acids is 2. The van der Waals surface area contributed by atoms with Crippen LogP contribution in [0.2, 0.25) is 10.0 Å². The fourth-order valence-corrected chi connectivity index (χ4v) is 5.47. The molecule has 12 heteroatoms. The van der Waals surface area contributed by atoms with Crippen LogP contribution in [0, 0.1) is 0 Å². The number of halogens is 5. The van der Waals surface area contributed by atoms with Crippen molar-refractivity contribution in [2.45, 2.75) is 10.5 Å². The molecule has 3 aromatic carbocycles. The number of para-hydroxylation sites is 1. The topological polar surface area (TPSA) is 71.1 Å². The number of anilines is 2. The van der Waals surface area contributed by atoms with Gasteiger partial charge in [-0.25, -0.2) is 4.98 Å². The minimum absolute atomic E-state index is 0.120. The minimum atomic E-state index is -4.57. The minimum Gasteiger partial charge on any atom is -0.325 e. The molecular weight excluding hydrogens is 542 g/mol. The quantitative estimate of drug-likeness (QED) is 0.240. The van der Waals surface area contributed by atoms with Crippen LogP contribution in [-0.4, -0.2) is 22.6 Å². The Morgan fingerprint density at radius 2 is 1.77 bits per heavy atom. The SMILES string of the molecule is O=C(CSc1nc2ccc(NC(=O)c3ccc(Cl)cc3Cl)cc2s1)Nc1ccccc1C(F)(F)F. The summed E-state index contributed by atoms with van der Waals surface area (Å²) in [5.74, 6) is -1.11. The molecule has 0 bridgehead atoms. The van der Waals surface area contributed by atoms with Crippen LogP contribution in [0.25, 0.3) is 10.2 Å². The molecule has 0 fully saturated rings. The van der Waals surface area contributed by atoms with Crippen LogP contribution >= 0.6 is 46.3 Å². The molecule has 4 rings (SSSR count). The lowest BCUT2D eigenvalue weighted by Crippen LogP contribution is -2.18. The van der Waals surface area contributed by atoms with Gasteiger partial charge in [-0.2, -0.15) is 13.2 Å². The smallest absolute Gasteiger partial charge is 0.325 e. The molecule has 1 heterocycles. The maximum absolute atomic E-state index is 13.1. The lowest BCUT2D eigenvalue weighted by molar-refractivity contribution is -0.137. The van der Waals surface area contributed by atoms with E-state index in [0.717, 1.165) is 22.5 Å². The number of fused-ring (bicyclic) bond motifs is 1. The molecule has 0 saturated heterocycles. The van der Waals surface area contributed by atoms with Gasteiger partial charge >= 0.3 is 6.18 Å². The van der Waals surface area contributed by atoms with Gasteiger partial charge in [-0.15, -0.1) is 11.3 Å². The van der Waals surface area contributed by atoms with Gasteiger partial charge in [0.15, 0.2) is 4.34 Å². The van der Waals surface area contributed by atoms with Crippen LogP contribution in [0.15, 0.2) is 65.0 Å². The van der Waals surface area contributed by atoms with Crippen molar-refractivity contribution in [3.63, 3.8) is 0 Å². The molecule has 0 unspecified atom stereocenters. The number of hydrogen-bond donors (Lipinski definition) is 2. The summed E-state index contributed by atoms with van der Waals surface area (Å²) < 4.78 is 40.6. The summed E-state index contributed by atoms with van der Waals surface area (Å²) in [5, 5.41) is 5.71. The van der Waals surface area contributed by atoms with E-state index in [2.05, 4.69) is 15.6 Å². The Morgan fingerprint density at radius 3 is 2.51 bits per heavy atom. The first-order valence-electron chi connectivity index (χ1n) is 9.86. The predicted molar refractivity (Wildman–Crippen MR) is 135 cm³/mol. The first kappa shape index (κ1) is 25.3.